The Morgan fingerprint density at radius 2 is 2.05 bits per heavy atom. The van der Waals surface area contributed by atoms with Gasteiger partial charge in [-0.25, -0.2) is 4.99 Å². The molecule has 0 radical (unpaired) electrons. The zero-order chi connectivity index (χ0) is 14.5. The van der Waals surface area contributed by atoms with Gasteiger partial charge in [-0.1, -0.05) is 12.1 Å². The highest BCUT2D eigenvalue weighted by Crippen LogP contribution is 2.22. The zero-order valence-electron chi connectivity index (χ0n) is 12.3. The van der Waals surface area contributed by atoms with Crippen molar-refractivity contribution >= 4 is 35.6 Å². The smallest absolute Gasteiger partial charge is 0.193 e. The number of aliphatic imine (C=N–C) groups is 1. The van der Waals surface area contributed by atoms with Gasteiger partial charge >= 0.3 is 0 Å². The number of hydrogen-bond acceptors (Lipinski definition) is 3. The average Bonchev–Trinajstić information content (AvgIpc) is 2.75. The highest BCUT2D eigenvalue weighted by atomic mass is 127. The van der Waals surface area contributed by atoms with Gasteiger partial charge in [0.15, 0.2) is 5.96 Å². The highest BCUT2D eigenvalue weighted by Gasteiger charge is 2.05. The Morgan fingerprint density at radius 1 is 1.33 bits per heavy atom. The number of guanidine groups is 1. The van der Waals surface area contributed by atoms with E-state index < -0.39 is 0 Å². The second-order valence-electron chi connectivity index (χ2n) is 4.47. The van der Waals surface area contributed by atoms with Crippen LogP contribution in [0.2, 0.25) is 0 Å². The number of hydrogen-bond donors (Lipinski definition) is 2. The van der Waals surface area contributed by atoms with Crippen molar-refractivity contribution in [3.05, 3.63) is 47.4 Å². The first-order valence-electron chi connectivity index (χ1n) is 6.36. The highest BCUT2D eigenvalue weighted by molar-refractivity contribution is 14.0. The van der Waals surface area contributed by atoms with Gasteiger partial charge in [0.25, 0.3) is 0 Å². The topological polar surface area (TPSA) is 72.8 Å². The standard InChI is InChI=1S/C15H19N3O2.HI/c1-10-8-12(11(2)20-10)9-17-15(16)18-13-6-4-5-7-14(13)19-3;/h4-8H,9H2,1-3H3,(H3,16,17,18);1H. The van der Waals surface area contributed by atoms with E-state index in [0.717, 1.165) is 28.5 Å². The minimum atomic E-state index is 0. The molecule has 0 fully saturated rings. The molecule has 0 amide bonds. The van der Waals surface area contributed by atoms with Gasteiger partial charge in [0.2, 0.25) is 0 Å². The van der Waals surface area contributed by atoms with Gasteiger partial charge in [0.05, 0.1) is 19.3 Å². The van der Waals surface area contributed by atoms with Crippen LogP contribution in [0.15, 0.2) is 39.7 Å². The van der Waals surface area contributed by atoms with E-state index in [0.29, 0.717) is 12.5 Å². The van der Waals surface area contributed by atoms with Crippen LogP contribution in [-0.2, 0) is 6.54 Å². The molecule has 2 aromatic rings. The molecule has 1 aromatic heterocycles. The Hall–Kier alpha value is -1.70. The molecule has 114 valence electrons. The summed E-state index contributed by atoms with van der Waals surface area (Å²) in [6, 6.07) is 9.51. The van der Waals surface area contributed by atoms with E-state index >= 15 is 0 Å². The third-order valence-electron chi connectivity index (χ3n) is 2.93. The summed E-state index contributed by atoms with van der Waals surface area (Å²) in [5.41, 5.74) is 7.71. The van der Waals surface area contributed by atoms with Crippen molar-refractivity contribution in [2.75, 3.05) is 12.4 Å². The predicted octanol–water partition coefficient (Wildman–Crippen LogP) is 3.45. The Bertz CT molecular complexity index is 623. The Labute approximate surface area is 141 Å². The van der Waals surface area contributed by atoms with Crippen molar-refractivity contribution in [2.24, 2.45) is 10.7 Å². The molecule has 0 aliphatic carbocycles. The maximum atomic E-state index is 5.89. The van der Waals surface area contributed by atoms with Crippen molar-refractivity contribution in [2.45, 2.75) is 20.4 Å². The van der Waals surface area contributed by atoms with Crippen LogP contribution >= 0.6 is 24.0 Å². The molecule has 0 saturated carbocycles. The van der Waals surface area contributed by atoms with Crippen LogP contribution in [-0.4, -0.2) is 13.1 Å². The number of halogens is 1. The van der Waals surface area contributed by atoms with E-state index in [-0.39, 0.29) is 24.0 Å². The molecule has 0 bridgehead atoms. The van der Waals surface area contributed by atoms with Gasteiger partial charge in [-0.2, -0.15) is 0 Å². The third kappa shape index (κ3) is 4.66. The fourth-order valence-corrected chi connectivity index (χ4v) is 1.94. The monoisotopic (exact) mass is 401 g/mol. The fourth-order valence-electron chi connectivity index (χ4n) is 1.94. The molecule has 0 atom stereocenters. The first kappa shape index (κ1) is 17.4. The van der Waals surface area contributed by atoms with E-state index in [1.54, 1.807) is 7.11 Å². The number of aryl methyl sites for hydroxylation is 2. The molecule has 0 spiro atoms. The van der Waals surface area contributed by atoms with Crippen molar-refractivity contribution in [3.8, 4) is 5.75 Å². The summed E-state index contributed by atoms with van der Waals surface area (Å²) in [5, 5.41) is 3.03. The average molecular weight is 401 g/mol. The third-order valence-corrected chi connectivity index (χ3v) is 2.93. The molecule has 1 heterocycles. The summed E-state index contributed by atoms with van der Waals surface area (Å²) < 4.78 is 10.7. The van der Waals surface area contributed by atoms with Gasteiger partial charge in [0.1, 0.15) is 17.3 Å². The van der Waals surface area contributed by atoms with Crippen LogP contribution in [0.1, 0.15) is 17.1 Å². The largest absolute Gasteiger partial charge is 0.495 e. The van der Waals surface area contributed by atoms with Crippen LogP contribution in [0.4, 0.5) is 5.69 Å². The summed E-state index contributed by atoms with van der Waals surface area (Å²) in [6.07, 6.45) is 0. The lowest BCUT2D eigenvalue weighted by atomic mass is 10.2. The number of anilines is 1. The van der Waals surface area contributed by atoms with Crippen LogP contribution in [0.25, 0.3) is 0 Å². The number of ether oxygens (including phenoxy) is 1. The minimum Gasteiger partial charge on any atom is -0.495 e. The van der Waals surface area contributed by atoms with Crippen molar-refractivity contribution in [1.29, 1.82) is 0 Å². The maximum Gasteiger partial charge on any atom is 0.193 e. The summed E-state index contributed by atoms with van der Waals surface area (Å²) in [7, 11) is 1.62. The first-order chi connectivity index (χ1) is 9.60. The van der Waals surface area contributed by atoms with E-state index in [9.17, 15) is 0 Å². The van der Waals surface area contributed by atoms with Crippen LogP contribution in [0.5, 0.6) is 5.75 Å². The van der Waals surface area contributed by atoms with Crippen LogP contribution in [0.3, 0.4) is 0 Å². The molecule has 21 heavy (non-hydrogen) atoms. The van der Waals surface area contributed by atoms with Crippen molar-refractivity contribution in [1.82, 2.24) is 0 Å². The van der Waals surface area contributed by atoms with E-state index in [2.05, 4.69) is 10.3 Å². The zero-order valence-corrected chi connectivity index (χ0v) is 14.7. The maximum absolute atomic E-state index is 5.89. The number of para-hydroxylation sites is 2. The Morgan fingerprint density at radius 3 is 2.67 bits per heavy atom. The number of rotatable bonds is 4. The lowest BCUT2D eigenvalue weighted by molar-refractivity contribution is 0.417. The van der Waals surface area contributed by atoms with Gasteiger partial charge in [-0.05, 0) is 32.0 Å². The van der Waals surface area contributed by atoms with Crippen molar-refractivity contribution in [3.63, 3.8) is 0 Å². The summed E-state index contributed by atoms with van der Waals surface area (Å²) in [6.45, 7) is 4.31. The molecule has 0 aliphatic heterocycles. The number of furan rings is 1. The van der Waals surface area contributed by atoms with Crippen molar-refractivity contribution < 1.29 is 9.15 Å². The quantitative estimate of drug-likeness (QED) is 0.468. The lowest BCUT2D eigenvalue weighted by Gasteiger charge is -2.09. The molecule has 6 heteroatoms. The number of nitrogens with zero attached hydrogens (tertiary/aromatic N) is 1. The molecule has 2 rings (SSSR count). The summed E-state index contributed by atoms with van der Waals surface area (Å²) in [4.78, 5) is 4.31. The second kappa shape index (κ2) is 7.92. The van der Waals surface area contributed by atoms with E-state index in [1.807, 2.05) is 44.2 Å². The second-order valence-corrected chi connectivity index (χ2v) is 4.47. The number of nitrogens with two attached hydrogens (primary N) is 1. The van der Waals surface area contributed by atoms with E-state index in [4.69, 9.17) is 14.9 Å². The van der Waals surface area contributed by atoms with Gasteiger partial charge in [0, 0.05) is 5.56 Å². The van der Waals surface area contributed by atoms with Crippen LogP contribution in [0, 0.1) is 13.8 Å². The van der Waals surface area contributed by atoms with Gasteiger partial charge in [-0.3, -0.25) is 0 Å². The fraction of sp³-hybridized carbons (Fsp3) is 0.267. The molecular formula is C15H20IN3O2. The van der Waals surface area contributed by atoms with E-state index in [1.165, 1.54) is 0 Å². The molecule has 1 aromatic carbocycles. The summed E-state index contributed by atoms with van der Waals surface area (Å²) in [5.74, 6) is 2.81. The lowest BCUT2D eigenvalue weighted by Crippen LogP contribution is -2.22. The number of nitrogens with one attached hydrogen (secondary N) is 1. The Kier molecular flexibility index (Phi) is 6.54. The summed E-state index contributed by atoms with van der Waals surface area (Å²) >= 11 is 0. The molecular weight excluding hydrogens is 381 g/mol. The SMILES string of the molecule is COc1ccccc1NC(N)=NCc1cc(C)oc1C.I. The molecule has 0 aliphatic rings. The molecule has 3 N–H and O–H groups in total. The normalized spacial score (nSPS) is 10.9. The number of benzene rings is 1. The molecule has 0 unspecified atom stereocenters. The molecule has 5 nitrogen and oxygen atoms in total. The van der Waals surface area contributed by atoms with Gasteiger partial charge in [-0.15, -0.1) is 24.0 Å². The predicted molar refractivity (Wildman–Crippen MR) is 95.5 cm³/mol. The van der Waals surface area contributed by atoms with Gasteiger partial charge < -0.3 is 20.2 Å². The molecule has 0 saturated heterocycles. The Balaban J connectivity index is 0.00000220. The first-order valence-corrected chi connectivity index (χ1v) is 6.36. The number of methoxy groups -OCH3 is 1. The van der Waals surface area contributed by atoms with Crippen LogP contribution < -0.4 is 15.8 Å². The minimum absolute atomic E-state index is 0.